The monoisotopic (exact) mass is 437 g/mol. The number of aryl methyl sites for hydroxylation is 1. The van der Waals surface area contributed by atoms with E-state index in [1.54, 1.807) is 22.1 Å². The third kappa shape index (κ3) is 4.51. The maximum absolute atomic E-state index is 13.4. The summed E-state index contributed by atoms with van der Waals surface area (Å²) in [5, 5.41) is 4.06. The van der Waals surface area contributed by atoms with Crippen LogP contribution in [0.4, 0.5) is 4.79 Å². The average Bonchev–Trinajstić information content (AvgIpc) is 3.41. The topological polar surface area (TPSA) is 93.7 Å². The van der Waals surface area contributed by atoms with Gasteiger partial charge in [-0.05, 0) is 20.8 Å². The van der Waals surface area contributed by atoms with Crippen molar-refractivity contribution in [1.29, 1.82) is 0 Å². The predicted octanol–water partition coefficient (Wildman–Crippen LogP) is 3.51. The highest BCUT2D eigenvalue weighted by molar-refractivity contribution is 5.93. The Kier molecular flexibility index (Phi) is 5.73. The summed E-state index contributed by atoms with van der Waals surface area (Å²) in [5.41, 5.74) is 0.858. The summed E-state index contributed by atoms with van der Waals surface area (Å²) in [6.45, 7) is 6.42. The fraction of sp³-hybridized carbons (Fsp3) is 0.391. The van der Waals surface area contributed by atoms with E-state index in [4.69, 9.17) is 9.26 Å². The number of carbonyl (C=O) groups excluding carboxylic acids is 2. The minimum Gasteiger partial charge on any atom is -0.444 e. The highest BCUT2D eigenvalue weighted by Crippen LogP contribution is 2.28. The molecule has 9 heteroatoms. The van der Waals surface area contributed by atoms with Gasteiger partial charge in [-0.25, -0.2) is 9.78 Å². The fourth-order valence-corrected chi connectivity index (χ4v) is 3.70. The number of ether oxygens (including phenoxy) is 1. The maximum atomic E-state index is 13.4. The van der Waals surface area contributed by atoms with Crippen LogP contribution in [0.15, 0.2) is 53.3 Å². The van der Waals surface area contributed by atoms with E-state index in [0.717, 1.165) is 5.56 Å². The standard InChI is InChI=1S/C23H27N5O4/c1-23(2,3)31-22(30)27-12-13-28(18(15-27)20-24-10-11-26(20)4)21(29)19-14-17(25-32-19)16-8-6-5-7-9-16/h5-11,14,18H,12-13,15H2,1-4H3. The molecule has 1 atom stereocenters. The number of hydrogen-bond donors (Lipinski definition) is 0. The lowest BCUT2D eigenvalue weighted by molar-refractivity contribution is 0.00209. The minimum atomic E-state index is -0.601. The van der Waals surface area contributed by atoms with Gasteiger partial charge in [-0.2, -0.15) is 0 Å². The van der Waals surface area contributed by atoms with Gasteiger partial charge in [0.15, 0.2) is 0 Å². The van der Waals surface area contributed by atoms with E-state index >= 15 is 0 Å². The predicted molar refractivity (Wildman–Crippen MR) is 117 cm³/mol. The van der Waals surface area contributed by atoms with Gasteiger partial charge in [-0.1, -0.05) is 35.5 Å². The Morgan fingerprint density at radius 1 is 1.16 bits per heavy atom. The first-order chi connectivity index (χ1) is 15.2. The van der Waals surface area contributed by atoms with E-state index in [1.807, 2.05) is 68.9 Å². The van der Waals surface area contributed by atoms with Crippen molar-refractivity contribution in [1.82, 2.24) is 24.5 Å². The molecule has 0 aliphatic carbocycles. The summed E-state index contributed by atoms with van der Waals surface area (Å²) in [6.07, 6.45) is 3.08. The van der Waals surface area contributed by atoms with Crippen molar-refractivity contribution in [2.45, 2.75) is 32.4 Å². The smallest absolute Gasteiger partial charge is 0.410 e. The first-order valence-corrected chi connectivity index (χ1v) is 10.5. The van der Waals surface area contributed by atoms with Gasteiger partial charge in [0.1, 0.15) is 23.2 Å². The molecular formula is C23H27N5O4. The number of amides is 2. The van der Waals surface area contributed by atoms with E-state index in [2.05, 4.69) is 10.1 Å². The maximum Gasteiger partial charge on any atom is 0.410 e. The van der Waals surface area contributed by atoms with Crippen molar-refractivity contribution in [2.24, 2.45) is 7.05 Å². The second-order valence-corrected chi connectivity index (χ2v) is 8.78. The van der Waals surface area contributed by atoms with Crippen LogP contribution in [0.25, 0.3) is 11.3 Å². The Labute approximate surface area is 186 Å². The van der Waals surface area contributed by atoms with Crippen molar-refractivity contribution in [3.05, 3.63) is 60.4 Å². The second-order valence-electron chi connectivity index (χ2n) is 8.78. The SMILES string of the molecule is Cn1ccnc1C1CN(C(=O)OC(C)(C)C)CCN1C(=O)c1cc(-c2ccccc2)no1. The molecule has 0 saturated carbocycles. The molecule has 168 valence electrons. The number of rotatable bonds is 3. The van der Waals surface area contributed by atoms with Gasteiger partial charge in [0.2, 0.25) is 5.76 Å². The van der Waals surface area contributed by atoms with Crippen LogP contribution in [-0.4, -0.2) is 61.7 Å². The van der Waals surface area contributed by atoms with Crippen LogP contribution < -0.4 is 0 Å². The van der Waals surface area contributed by atoms with Crippen LogP contribution in [0.1, 0.15) is 43.2 Å². The lowest BCUT2D eigenvalue weighted by Gasteiger charge is -2.40. The normalized spacial score (nSPS) is 16.8. The molecule has 1 aromatic carbocycles. The number of piperazine rings is 1. The lowest BCUT2D eigenvalue weighted by atomic mass is 10.1. The Morgan fingerprint density at radius 2 is 1.91 bits per heavy atom. The first kappa shape index (κ1) is 21.6. The molecule has 0 radical (unpaired) electrons. The van der Waals surface area contributed by atoms with Gasteiger partial charge in [-0.15, -0.1) is 0 Å². The van der Waals surface area contributed by atoms with Gasteiger partial charge in [0.25, 0.3) is 5.91 Å². The minimum absolute atomic E-state index is 0.147. The molecule has 3 heterocycles. The number of hydrogen-bond acceptors (Lipinski definition) is 6. The molecule has 2 aromatic heterocycles. The molecule has 0 N–H and O–H groups in total. The van der Waals surface area contributed by atoms with Gasteiger partial charge in [-0.3, -0.25) is 4.79 Å². The van der Waals surface area contributed by atoms with Crippen LogP contribution in [0, 0.1) is 0 Å². The summed E-state index contributed by atoms with van der Waals surface area (Å²) in [7, 11) is 1.86. The summed E-state index contributed by atoms with van der Waals surface area (Å²) in [6, 6.07) is 10.7. The van der Waals surface area contributed by atoms with Crippen LogP contribution in [0.3, 0.4) is 0 Å². The van der Waals surface area contributed by atoms with E-state index in [-0.39, 0.29) is 18.2 Å². The molecule has 2 amide bonds. The van der Waals surface area contributed by atoms with Crippen LogP contribution >= 0.6 is 0 Å². The molecule has 9 nitrogen and oxygen atoms in total. The molecule has 3 aromatic rings. The Hall–Kier alpha value is -3.62. The Bertz CT molecular complexity index is 1100. The number of imidazole rings is 1. The molecule has 1 aliphatic heterocycles. The van der Waals surface area contributed by atoms with Crippen molar-refractivity contribution >= 4 is 12.0 Å². The molecule has 0 spiro atoms. The quantitative estimate of drug-likeness (QED) is 0.622. The van der Waals surface area contributed by atoms with E-state index in [9.17, 15) is 9.59 Å². The van der Waals surface area contributed by atoms with Crippen LogP contribution in [0.2, 0.25) is 0 Å². The highest BCUT2D eigenvalue weighted by Gasteiger charge is 2.38. The Morgan fingerprint density at radius 3 is 2.56 bits per heavy atom. The number of aromatic nitrogens is 3. The van der Waals surface area contributed by atoms with E-state index in [1.165, 1.54) is 0 Å². The number of nitrogens with zero attached hydrogens (tertiary/aromatic N) is 5. The molecule has 1 fully saturated rings. The van der Waals surface area contributed by atoms with E-state index in [0.29, 0.717) is 24.6 Å². The average molecular weight is 438 g/mol. The van der Waals surface area contributed by atoms with Crippen LogP contribution in [0.5, 0.6) is 0 Å². The number of carbonyl (C=O) groups is 2. The summed E-state index contributed by atoms with van der Waals surface area (Å²) >= 11 is 0. The third-order valence-electron chi connectivity index (χ3n) is 5.24. The highest BCUT2D eigenvalue weighted by atomic mass is 16.6. The molecule has 1 unspecified atom stereocenters. The molecule has 1 saturated heterocycles. The van der Waals surface area contributed by atoms with Crippen molar-refractivity contribution in [3.63, 3.8) is 0 Å². The van der Waals surface area contributed by atoms with Crippen molar-refractivity contribution < 1.29 is 18.8 Å². The zero-order valence-corrected chi connectivity index (χ0v) is 18.7. The van der Waals surface area contributed by atoms with E-state index < -0.39 is 17.7 Å². The van der Waals surface area contributed by atoms with Gasteiger partial charge < -0.3 is 23.6 Å². The summed E-state index contributed by atoms with van der Waals surface area (Å²) < 4.78 is 12.8. The van der Waals surface area contributed by atoms with Crippen LogP contribution in [-0.2, 0) is 11.8 Å². The third-order valence-corrected chi connectivity index (χ3v) is 5.24. The van der Waals surface area contributed by atoms with Gasteiger partial charge >= 0.3 is 6.09 Å². The summed E-state index contributed by atoms with van der Waals surface area (Å²) in [4.78, 5) is 33.8. The largest absolute Gasteiger partial charge is 0.444 e. The summed E-state index contributed by atoms with van der Waals surface area (Å²) in [5.74, 6) is 0.528. The van der Waals surface area contributed by atoms with Gasteiger partial charge in [0.05, 0.1) is 6.54 Å². The van der Waals surface area contributed by atoms with Crippen molar-refractivity contribution in [2.75, 3.05) is 19.6 Å². The fourth-order valence-electron chi connectivity index (χ4n) is 3.70. The Balaban J connectivity index is 1.58. The zero-order valence-electron chi connectivity index (χ0n) is 18.7. The molecule has 0 bridgehead atoms. The molecule has 4 rings (SSSR count). The number of benzene rings is 1. The van der Waals surface area contributed by atoms with Crippen molar-refractivity contribution in [3.8, 4) is 11.3 Å². The molecule has 1 aliphatic rings. The zero-order chi connectivity index (χ0) is 22.9. The first-order valence-electron chi connectivity index (χ1n) is 10.5. The molecule has 32 heavy (non-hydrogen) atoms. The second kappa shape index (κ2) is 8.49. The lowest BCUT2D eigenvalue weighted by Crippen LogP contribution is -2.53. The van der Waals surface area contributed by atoms with Gasteiger partial charge in [0, 0.05) is 44.2 Å². The molecular weight excluding hydrogens is 410 g/mol.